The maximum atomic E-state index is 12.5. The largest absolute Gasteiger partial charge is 0.497 e. The van der Waals surface area contributed by atoms with Crippen molar-refractivity contribution in [3.63, 3.8) is 0 Å². The monoisotopic (exact) mass is 365 g/mol. The number of methoxy groups -OCH3 is 1. The first-order valence-electron chi connectivity index (χ1n) is 6.95. The van der Waals surface area contributed by atoms with E-state index in [1.165, 1.54) is 37.4 Å². The van der Waals surface area contributed by atoms with E-state index >= 15 is 0 Å². The van der Waals surface area contributed by atoms with Crippen molar-refractivity contribution in [3.05, 3.63) is 58.1 Å². The zero-order valence-corrected chi connectivity index (χ0v) is 13.9. The number of sulfonamides is 1. The molecule has 0 aromatic heterocycles. The van der Waals surface area contributed by atoms with Crippen molar-refractivity contribution in [1.29, 1.82) is 0 Å². The van der Waals surface area contributed by atoms with Crippen LogP contribution in [0, 0.1) is 10.1 Å². The lowest BCUT2D eigenvalue weighted by molar-refractivity contribution is -0.387. The molecule has 0 bridgehead atoms. The smallest absolute Gasteiger partial charge is 0.293 e. The maximum absolute atomic E-state index is 12.5. The van der Waals surface area contributed by atoms with Gasteiger partial charge in [0, 0.05) is 5.69 Å². The first-order chi connectivity index (χ1) is 11.7. The van der Waals surface area contributed by atoms with E-state index in [2.05, 4.69) is 4.72 Å². The summed E-state index contributed by atoms with van der Waals surface area (Å²) in [4.78, 5) is 20.7. The molecule has 2 rings (SSSR count). The molecule has 25 heavy (non-hydrogen) atoms. The molecule has 0 radical (unpaired) electrons. The van der Waals surface area contributed by atoms with Crippen molar-refractivity contribution in [2.75, 3.05) is 11.8 Å². The standard InChI is InChI=1S/C15H15N3O6S/c1-24-12-6-7-14(13(9-12)18(20)21)25(22,23)17-11-4-2-10(3-5-11)8-15(16)19/h2-7,9,17H,8H2,1H3,(H2,16,19). The Bertz CT molecular complexity index is 909. The molecule has 0 spiro atoms. The van der Waals surface area contributed by atoms with Gasteiger partial charge in [0.1, 0.15) is 5.75 Å². The Labute approximate surface area is 143 Å². The number of nitrogens with zero attached hydrogens (tertiary/aromatic N) is 1. The quantitative estimate of drug-likeness (QED) is 0.561. The van der Waals surface area contributed by atoms with Gasteiger partial charge in [-0.15, -0.1) is 0 Å². The Morgan fingerprint density at radius 1 is 1.24 bits per heavy atom. The van der Waals surface area contributed by atoms with E-state index in [0.717, 1.165) is 12.1 Å². The molecule has 3 N–H and O–H groups in total. The molecule has 0 fully saturated rings. The fourth-order valence-corrected chi connectivity index (χ4v) is 3.31. The summed E-state index contributed by atoms with van der Waals surface area (Å²) in [5.74, 6) is -0.344. The molecule has 132 valence electrons. The number of amides is 1. The van der Waals surface area contributed by atoms with Gasteiger partial charge in [-0.3, -0.25) is 19.6 Å². The second-order valence-corrected chi connectivity index (χ2v) is 6.69. The first-order valence-corrected chi connectivity index (χ1v) is 8.44. The van der Waals surface area contributed by atoms with Gasteiger partial charge in [-0.1, -0.05) is 12.1 Å². The Morgan fingerprint density at radius 3 is 2.40 bits per heavy atom. The first kappa shape index (κ1) is 18.2. The number of nitrogens with two attached hydrogens (primary N) is 1. The maximum Gasteiger partial charge on any atom is 0.293 e. The fourth-order valence-electron chi connectivity index (χ4n) is 2.10. The highest BCUT2D eigenvalue weighted by Gasteiger charge is 2.26. The number of primary amides is 1. The van der Waals surface area contributed by atoms with Crippen LogP contribution in [0.5, 0.6) is 5.75 Å². The summed E-state index contributed by atoms with van der Waals surface area (Å²) >= 11 is 0. The predicted molar refractivity (Wildman–Crippen MR) is 89.8 cm³/mol. The van der Waals surface area contributed by atoms with Crippen LogP contribution in [-0.2, 0) is 21.2 Å². The molecule has 9 nitrogen and oxygen atoms in total. The number of anilines is 1. The SMILES string of the molecule is COc1ccc(S(=O)(=O)Nc2ccc(CC(N)=O)cc2)c([N+](=O)[O-])c1. The van der Waals surface area contributed by atoms with Gasteiger partial charge in [-0.05, 0) is 29.8 Å². The van der Waals surface area contributed by atoms with Gasteiger partial charge in [0.25, 0.3) is 15.7 Å². The summed E-state index contributed by atoms with van der Waals surface area (Å²) in [6, 6.07) is 9.38. The molecule has 1 amide bonds. The number of nitro benzene ring substituents is 1. The van der Waals surface area contributed by atoms with Gasteiger partial charge in [-0.2, -0.15) is 0 Å². The number of benzene rings is 2. The third kappa shape index (κ3) is 4.44. The third-order valence-electron chi connectivity index (χ3n) is 3.24. The van der Waals surface area contributed by atoms with Gasteiger partial charge in [0.05, 0.1) is 24.5 Å². The van der Waals surface area contributed by atoms with Crippen LogP contribution in [0.4, 0.5) is 11.4 Å². The summed E-state index contributed by atoms with van der Waals surface area (Å²) in [6.07, 6.45) is 0.0248. The molecule has 0 unspecified atom stereocenters. The molecule has 0 atom stereocenters. The van der Waals surface area contributed by atoms with Crippen LogP contribution in [0.2, 0.25) is 0 Å². The molecule has 0 saturated carbocycles. The number of hydrogen-bond donors (Lipinski definition) is 2. The molecule has 0 aliphatic carbocycles. The average Bonchev–Trinajstić information content (AvgIpc) is 2.55. The molecule has 0 heterocycles. The van der Waals surface area contributed by atoms with Crippen molar-refractivity contribution in [3.8, 4) is 5.75 Å². The van der Waals surface area contributed by atoms with Crippen LogP contribution in [0.1, 0.15) is 5.56 Å². The molecule has 0 aliphatic heterocycles. The highest BCUT2D eigenvalue weighted by Crippen LogP contribution is 2.29. The fraction of sp³-hybridized carbons (Fsp3) is 0.133. The van der Waals surface area contributed by atoms with Gasteiger partial charge in [0.15, 0.2) is 4.90 Å². The summed E-state index contributed by atoms with van der Waals surface area (Å²) < 4.78 is 32.1. The van der Waals surface area contributed by atoms with Crippen LogP contribution >= 0.6 is 0 Å². The highest BCUT2D eigenvalue weighted by molar-refractivity contribution is 7.92. The molecule has 0 aliphatic rings. The minimum atomic E-state index is -4.19. The van der Waals surface area contributed by atoms with E-state index in [9.17, 15) is 23.3 Å². The lowest BCUT2D eigenvalue weighted by Crippen LogP contribution is -2.15. The van der Waals surface area contributed by atoms with Gasteiger partial charge < -0.3 is 10.5 Å². The van der Waals surface area contributed by atoms with Crippen molar-refractivity contribution >= 4 is 27.3 Å². The summed E-state index contributed by atoms with van der Waals surface area (Å²) in [6.45, 7) is 0. The van der Waals surface area contributed by atoms with Crippen molar-refractivity contribution in [2.45, 2.75) is 11.3 Å². The minimum Gasteiger partial charge on any atom is -0.497 e. The third-order valence-corrected chi connectivity index (χ3v) is 4.67. The summed E-state index contributed by atoms with van der Waals surface area (Å²) in [5, 5.41) is 11.2. The number of nitrogens with one attached hydrogen (secondary N) is 1. The second-order valence-electron chi connectivity index (χ2n) is 5.04. The van der Waals surface area contributed by atoms with Crippen LogP contribution in [0.15, 0.2) is 47.4 Å². The minimum absolute atomic E-state index is 0.0248. The molecule has 2 aromatic rings. The number of rotatable bonds is 7. The van der Waals surface area contributed by atoms with E-state index < -0.39 is 31.4 Å². The van der Waals surface area contributed by atoms with Crippen LogP contribution < -0.4 is 15.2 Å². The van der Waals surface area contributed by atoms with Crippen molar-refractivity contribution in [2.24, 2.45) is 5.73 Å². The Balaban J connectivity index is 2.33. The lowest BCUT2D eigenvalue weighted by atomic mass is 10.1. The van der Waals surface area contributed by atoms with E-state index in [1.807, 2.05) is 0 Å². The molecular weight excluding hydrogens is 350 g/mol. The van der Waals surface area contributed by atoms with Gasteiger partial charge in [0.2, 0.25) is 5.91 Å². The zero-order chi connectivity index (χ0) is 18.6. The number of hydrogen-bond acceptors (Lipinski definition) is 6. The number of carbonyl (C=O) groups is 1. The molecular formula is C15H15N3O6S. The van der Waals surface area contributed by atoms with E-state index in [-0.39, 0.29) is 17.9 Å². The second kappa shape index (κ2) is 7.18. The van der Waals surface area contributed by atoms with E-state index in [4.69, 9.17) is 10.5 Å². The van der Waals surface area contributed by atoms with Crippen molar-refractivity contribution < 1.29 is 22.9 Å². The van der Waals surface area contributed by atoms with E-state index in [1.54, 1.807) is 0 Å². The molecule has 0 saturated heterocycles. The normalized spacial score (nSPS) is 10.9. The number of nitro groups is 1. The van der Waals surface area contributed by atoms with Gasteiger partial charge >= 0.3 is 0 Å². The Hall–Kier alpha value is -3.14. The van der Waals surface area contributed by atoms with Crippen LogP contribution in [0.25, 0.3) is 0 Å². The Kier molecular flexibility index (Phi) is 5.22. The van der Waals surface area contributed by atoms with Crippen molar-refractivity contribution in [1.82, 2.24) is 0 Å². The molecule has 2 aromatic carbocycles. The zero-order valence-electron chi connectivity index (χ0n) is 13.1. The Morgan fingerprint density at radius 2 is 1.88 bits per heavy atom. The average molecular weight is 365 g/mol. The predicted octanol–water partition coefficient (Wildman–Crippen LogP) is 1.43. The number of ether oxygens (including phenoxy) is 1. The summed E-state index contributed by atoms with van der Waals surface area (Å²) in [7, 11) is -2.87. The van der Waals surface area contributed by atoms with E-state index in [0.29, 0.717) is 5.56 Å². The number of carbonyl (C=O) groups excluding carboxylic acids is 1. The lowest BCUT2D eigenvalue weighted by Gasteiger charge is -2.10. The van der Waals surface area contributed by atoms with Crippen LogP contribution in [0.3, 0.4) is 0 Å². The van der Waals surface area contributed by atoms with Crippen LogP contribution in [-0.4, -0.2) is 26.4 Å². The van der Waals surface area contributed by atoms with Gasteiger partial charge in [-0.25, -0.2) is 8.42 Å². The molecule has 10 heteroatoms. The topological polar surface area (TPSA) is 142 Å². The highest BCUT2D eigenvalue weighted by atomic mass is 32.2. The summed E-state index contributed by atoms with van der Waals surface area (Å²) in [5.41, 5.74) is 5.29.